The van der Waals surface area contributed by atoms with Crippen molar-refractivity contribution < 1.29 is 42.9 Å². The molecular weight excluding hydrogens is 751 g/mol. The van der Waals surface area contributed by atoms with Crippen molar-refractivity contribution in [1.82, 2.24) is 19.6 Å². The number of ether oxygens (including phenoxy) is 3. The van der Waals surface area contributed by atoms with Crippen molar-refractivity contribution in [1.29, 1.82) is 10.5 Å². The van der Waals surface area contributed by atoms with Crippen molar-refractivity contribution in [2.24, 2.45) is 0 Å². The number of hydrogen-bond donors (Lipinski definition) is 3. The Hall–Kier alpha value is -3.34. The molecule has 1 aliphatic rings. The first-order valence-electron chi connectivity index (χ1n) is 20.6. The minimum Gasteiger partial charge on any atom is -0.387 e. The van der Waals surface area contributed by atoms with Crippen LogP contribution in [0.3, 0.4) is 0 Å². The summed E-state index contributed by atoms with van der Waals surface area (Å²) < 4.78 is 42.5. The van der Waals surface area contributed by atoms with Gasteiger partial charge in [-0.1, -0.05) is 103 Å². The highest BCUT2D eigenvalue weighted by Crippen LogP contribution is 2.46. The van der Waals surface area contributed by atoms with Crippen LogP contribution in [0.2, 0.25) is 0 Å². The highest BCUT2D eigenvalue weighted by Gasteiger charge is 2.58. The van der Waals surface area contributed by atoms with Crippen molar-refractivity contribution >= 4 is 13.3 Å². The summed E-state index contributed by atoms with van der Waals surface area (Å²) >= 11 is 0. The third kappa shape index (κ3) is 14.5. The zero-order valence-corrected chi connectivity index (χ0v) is 34.4. The van der Waals surface area contributed by atoms with Gasteiger partial charge in [0.1, 0.15) is 42.9 Å². The third-order valence-corrected chi connectivity index (χ3v) is 11.3. The molecule has 0 bridgehead atoms. The number of fused-ring (bicyclic) bond motifs is 1. The number of nitriles is 2. The Morgan fingerprint density at radius 3 is 2.14 bits per heavy atom. The Morgan fingerprint density at radius 2 is 1.54 bits per heavy atom. The molecule has 15 nitrogen and oxygen atoms in total. The monoisotopic (exact) mass is 812 g/mol. The first kappa shape index (κ1) is 46.4. The number of unbranched alkanes of at least 4 members (excludes halogenated alkanes) is 15. The van der Waals surface area contributed by atoms with Gasteiger partial charge in [0.05, 0.1) is 54.6 Å². The number of rotatable bonds is 29. The molecule has 3 N–H and O–H groups in total. The van der Waals surface area contributed by atoms with E-state index in [1.807, 2.05) is 12.1 Å². The van der Waals surface area contributed by atoms with E-state index in [1.54, 1.807) is 25.1 Å². The second-order valence-corrected chi connectivity index (χ2v) is 16.3. The molecule has 4 heterocycles. The Kier molecular flexibility index (Phi) is 20.0. The molecule has 0 aliphatic carbocycles. The lowest BCUT2D eigenvalue weighted by Crippen LogP contribution is -2.41. The SMILES string of the molecule is CCCCCCCCCCCCCCCCCCOC[C@H](COP(=O)(O)OC[C@H]1O[C@@](C#N)(c2ccc3c(C)ncnn23)[C@H](O)[C@@H]1O)OCc1ccc(C#N)cn1. The molecule has 1 fully saturated rings. The molecular formula is C41H61N6O9P. The van der Waals surface area contributed by atoms with Gasteiger partial charge in [-0.15, -0.1) is 0 Å². The van der Waals surface area contributed by atoms with E-state index in [0.717, 1.165) is 19.3 Å². The number of nitrogens with zero attached hydrogens (tertiary/aromatic N) is 6. The molecule has 1 unspecified atom stereocenters. The van der Waals surface area contributed by atoms with E-state index < -0.39 is 44.4 Å². The molecule has 3 aromatic rings. The van der Waals surface area contributed by atoms with Gasteiger partial charge in [0.2, 0.25) is 5.60 Å². The fourth-order valence-corrected chi connectivity index (χ4v) is 7.69. The molecule has 0 aromatic carbocycles. The zero-order valence-electron chi connectivity index (χ0n) is 33.5. The summed E-state index contributed by atoms with van der Waals surface area (Å²) in [6.45, 7) is 3.55. The van der Waals surface area contributed by atoms with Gasteiger partial charge in [-0.25, -0.2) is 14.1 Å². The van der Waals surface area contributed by atoms with Crippen LogP contribution < -0.4 is 0 Å². The minimum absolute atomic E-state index is 0.0355. The second-order valence-electron chi connectivity index (χ2n) is 14.8. The first-order valence-corrected chi connectivity index (χ1v) is 22.0. The molecule has 6 atom stereocenters. The lowest BCUT2D eigenvalue weighted by Gasteiger charge is -2.24. The summed E-state index contributed by atoms with van der Waals surface area (Å²) in [6, 6.07) is 10.4. The Balaban J connectivity index is 1.18. The van der Waals surface area contributed by atoms with Crippen molar-refractivity contribution in [3.05, 3.63) is 59.4 Å². The number of pyridine rings is 1. The zero-order chi connectivity index (χ0) is 40.9. The van der Waals surface area contributed by atoms with Gasteiger partial charge in [0, 0.05) is 12.8 Å². The number of aryl methyl sites for hydroxylation is 1. The van der Waals surface area contributed by atoms with E-state index >= 15 is 0 Å². The van der Waals surface area contributed by atoms with Crippen LogP contribution >= 0.6 is 7.82 Å². The second kappa shape index (κ2) is 24.6. The summed E-state index contributed by atoms with van der Waals surface area (Å²) in [6.07, 6.45) is 17.6. The van der Waals surface area contributed by atoms with E-state index in [-0.39, 0.29) is 25.5 Å². The number of phosphoric ester groups is 1. The summed E-state index contributed by atoms with van der Waals surface area (Å²) in [5.74, 6) is 0. The maximum Gasteiger partial charge on any atom is 0.472 e. The largest absolute Gasteiger partial charge is 0.472 e. The number of aromatic nitrogens is 4. The van der Waals surface area contributed by atoms with Crippen molar-refractivity contribution in [2.45, 2.75) is 153 Å². The minimum atomic E-state index is -4.75. The van der Waals surface area contributed by atoms with Crippen LogP contribution in [0.15, 0.2) is 36.8 Å². The topological polar surface area (TPSA) is 215 Å². The molecule has 1 saturated heterocycles. The van der Waals surface area contributed by atoms with Gasteiger partial charge in [0.25, 0.3) is 0 Å². The Morgan fingerprint density at radius 1 is 0.895 bits per heavy atom. The van der Waals surface area contributed by atoms with Gasteiger partial charge < -0.3 is 29.3 Å². The van der Waals surface area contributed by atoms with E-state index in [1.165, 1.54) is 107 Å². The average molecular weight is 813 g/mol. The van der Waals surface area contributed by atoms with Crippen LogP contribution in [0.25, 0.3) is 5.52 Å². The highest BCUT2D eigenvalue weighted by atomic mass is 31.2. The number of aliphatic hydroxyl groups is 2. The summed E-state index contributed by atoms with van der Waals surface area (Å²) in [7, 11) is -4.75. The van der Waals surface area contributed by atoms with E-state index in [0.29, 0.717) is 29.1 Å². The summed E-state index contributed by atoms with van der Waals surface area (Å²) in [4.78, 5) is 18.9. The fourth-order valence-electron chi connectivity index (χ4n) is 6.93. The number of hydrogen-bond acceptors (Lipinski definition) is 13. The van der Waals surface area contributed by atoms with Gasteiger partial charge in [-0.2, -0.15) is 15.6 Å². The number of aliphatic hydroxyl groups excluding tert-OH is 2. The lowest BCUT2D eigenvalue weighted by molar-refractivity contribution is -0.0692. The van der Waals surface area contributed by atoms with Gasteiger partial charge in [-0.3, -0.25) is 14.0 Å². The Labute approximate surface area is 336 Å². The Bertz CT molecular complexity index is 1750. The normalized spacial score (nSPS) is 21.0. The molecule has 0 saturated carbocycles. The van der Waals surface area contributed by atoms with Gasteiger partial charge >= 0.3 is 7.82 Å². The predicted octanol–water partition coefficient (Wildman–Crippen LogP) is 7.14. The molecule has 3 aromatic heterocycles. The molecule has 0 radical (unpaired) electrons. The molecule has 4 rings (SSSR count). The van der Waals surface area contributed by atoms with Crippen molar-refractivity contribution in [2.75, 3.05) is 26.4 Å². The van der Waals surface area contributed by atoms with Crippen LogP contribution in [0.4, 0.5) is 0 Å². The molecule has 1 aliphatic heterocycles. The number of phosphoric acid groups is 1. The van der Waals surface area contributed by atoms with Crippen LogP contribution in [0, 0.1) is 29.6 Å². The van der Waals surface area contributed by atoms with Gasteiger partial charge in [0.15, 0.2) is 0 Å². The molecule has 0 amide bonds. The highest BCUT2D eigenvalue weighted by molar-refractivity contribution is 7.47. The van der Waals surface area contributed by atoms with Crippen LogP contribution in [-0.2, 0) is 40.0 Å². The van der Waals surface area contributed by atoms with Crippen LogP contribution in [0.5, 0.6) is 0 Å². The fraction of sp³-hybridized carbons (Fsp3) is 0.683. The molecule has 314 valence electrons. The summed E-state index contributed by atoms with van der Waals surface area (Å²) in [5, 5.41) is 45.2. The van der Waals surface area contributed by atoms with E-state index in [2.05, 4.69) is 22.0 Å². The van der Waals surface area contributed by atoms with Crippen LogP contribution in [-0.4, -0.2) is 85.5 Å². The van der Waals surface area contributed by atoms with E-state index in [4.69, 9.17) is 28.5 Å². The maximum atomic E-state index is 13.0. The first-order chi connectivity index (χ1) is 27.6. The van der Waals surface area contributed by atoms with E-state index in [9.17, 15) is 24.9 Å². The smallest absolute Gasteiger partial charge is 0.387 e. The molecule has 0 spiro atoms. The van der Waals surface area contributed by atoms with Crippen molar-refractivity contribution in [3.63, 3.8) is 0 Å². The molecule has 16 heteroatoms. The summed E-state index contributed by atoms with van der Waals surface area (Å²) in [5.41, 5.74) is 0.242. The lowest BCUT2D eigenvalue weighted by atomic mass is 9.92. The quantitative estimate of drug-likeness (QED) is 0.0469. The standard InChI is InChI=1S/C41H61N6O9P/c1-3-4-5-6-7-8-9-10-11-12-13-14-15-16-17-18-23-52-27-35(53-26-34-20-19-33(24-42)25-44-34)28-54-57(50,51)55-29-37-39(48)40(49)41(30-43,56-37)38-22-21-36-32(2)45-31-46-47(36)38/h19-22,25,31,35,37,39-40,48-49H,3-18,23,26-29H2,1-2H3,(H,50,51)/t35-,37-,39-,40-,41+/m1/s1. The maximum absolute atomic E-state index is 13.0. The molecule has 57 heavy (non-hydrogen) atoms. The van der Waals surface area contributed by atoms with Gasteiger partial charge in [-0.05, 0) is 37.6 Å². The van der Waals surface area contributed by atoms with Crippen molar-refractivity contribution in [3.8, 4) is 12.1 Å². The van der Waals surface area contributed by atoms with Crippen LogP contribution in [0.1, 0.15) is 132 Å². The average Bonchev–Trinajstić information content (AvgIpc) is 3.77. The predicted molar refractivity (Wildman–Crippen MR) is 212 cm³/mol. The third-order valence-electron chi connectivity index (χ3n) is 10.3.